The molecule has 0 aromatic heterocycles. The van der Waals surface area contributed by atoms with Crippen molar-refractivity contribution in [3.8, 4) is 0 Å². The van der Waals surface area contributed by atoms with Gasteiger partial charge in [0, 0.05) is 14.4 Å². The predicted octanol–water partition coefficient (Wildman–Crippen LogP) is 4.97. The minimum absolute atomic E-state index is 0.394. The van der Waals surface area contributed by atoms with E-state index in [0.29, 0.717) is 21.3 Å². The predicted molar refractivity (Wildman–Crippen MR) is 88.6 cm³/mol. The molecular formula is C13H9BrCl2N2OS. The van der Waals surface area contributed by atoms with Crippen LogP contribution in [0, 0.1) is 0 Å². The fourth-order valence-electron chi connectivity index (χ4n) is 1.47. The van der Waals surface area contributed by atoms with Gasteiger partial charge in [0.15, 0.2) is 0 Å². The van der Waals surface area contributed by atoms with Crippen molar-refractivity contribution in [2.45, 2.75) is 4.90 Å². The maximum Gasteiger partial charge on any atom is 0.250 e. The van der Waals surface area contributed by atoms with Gasteiger partial charge in [-0.1, -0.05) is 39.1 Å². The minimum Gasteiger partial charge on any atom is -0.366 e. The van der Waals surface area contributed by atoms with Gasteiger partial charge >= 0.3 is 0 Å². The molecule has 0 radical (unpaired) electrons. The summed E-state index contributed by atoms with van der Waals surface area (Å²) >= 11 is 16.6. The number of benzene rings is 2. The fourth-order valence-corrected chi connectivity index (χ4v) is 3.06. The molecule has 0 saturated heterocycles. The van der Waals surface area contributed by atoms with E-state index in [9.17, 15) is 4.79 Å². The van der Waals surface area contributed by atoms with Crippen LogP contribution in [0.1, 0.15) is 10.4 Å². The van der Waals surface area contributed by atoms with Crippen molar-refractivity contribution in [3.63, 3.8) is 0 Å². The molecule has 1 amide bonds. The summed E-state index contributed by atoms with van der Waals surface area (Å²) in [6.45, 7) is 0. The van der Waals surface area contributed by atoms with E-state index in [-0.39, 0.29) is 0 Å². The van der Waals surface area contributed by atoms with E-state index < -0.39 is 5.91 Å². The Morgan fingerprint density at radius 1 is 1.20 bits per heavy atom. The number of amides is 1. The van der Waals surface area contributed by atoms with Crippen LogP contribution in [0.2, 0.25) is 10.0 Å². The molecule has 0 saturated carbocycles. The van der Waals surface area contributed by atoms with E-state index in [0.717, 1.165) is 9.37 Å². The number of hydrogen-bond acceptors (Lipinski definition) is 3. The lowest BCUT2D eigenvalue weighted by Gasteiger charge is -2.10. The number of carbonyl (C=O) groups is 1. The maximum atomic E-state index is 11.4. The molecular weight excluding hydrogens is 383 g/mol. The molecule has 7 heteroatoms. The Hall–Kier alpha value is -0.880. The Morgan fingerprint density at radius 2 is 1.95 bits per heavy atom. The summed E-state index contributed by atoms with van der Waals surface area (Å²) in [7, 11) is 0. The molecule has 3 nitrogen and oxygen atoms in total. The van der Waals surface area contributed by atoms with Crippen LogP contribution in [-0.2, 0) is 0 Å². The molecule has 0 aliphatic carbocycles. The zero-order chi connectivity index (χ0) is 14.7. The summed E-state index contributed by atoms with van der Waals surface area (Å²) in [5.74, 6) is -0.508. The lowest BCUT2D eigenvalue weighted by molar-refractivity contribution is 0.100. The quantitative estimate of drug-likeness (QED) is 0.723. The highest BCUT2D eigenvalue weighted by Gasteiger charge is 2.10. The second-order valence-electron chi connectivity index (χ2n) is 3.83. The van der Waals surface area contributed by atoms with Crippen molar-refractivity contribution < 1.29 is 4.79 Å². The van der Waals surface area contributed by atoms with Gasteiger partial charge in [0.05, 0.1) is 16.3 Å². The normalized spacial score (nSPS) is 10.3. The standard InChI is InChI=1S/C13H9BrCl2N2OS/c14-7-1-4-11(9(5-7)13(17)19)18-20-12-6-8(15)2-3-10(12)16/h1-6,18H,(H2,17,19). The second kappa shape index (κ2) is 6.72. The van der Waals surface area contributed by atoms with Gasteiger partial charge in [-0.05, 0) is 48.3 Å². The van der Waals surface area contributed by atoms with E-state index in [1.54, 1.807) is 30.3 Å². The largest absolute Gasteiger partial charge is 0.366 e. The Labute approximate surface area is 139 Å². The summed E-state index contributed by atoms with van der Waals surface area (Å²) < 4.78 is 3.84. The van der Waals surface area contributed by atoms with Crippen LogP contribution in [0.3, 0.4) is 0 Å². The van der Waals surface area contributed by atoms with Crippen LogP contribution in [0.25, 0.3) is 0 Å². The number of primary amides is 1. The molecule has 0 aliphatic heterocycles. The molecule has 2 aromatic rings. The summed E-state index contributed by atoms with van der Waals surface area (Å²) in [5, 5.41) is 1.16. The Kier molecular flexibility index (Phi) is 5.21. The molecule has 0 aliphatic rings. The number of nitrogens with two attached hydrogens (primary N) is 1. The van der Waals surface area contributed by atoms with E-state index in [1.165, 1.54) is 11.9 Å². The molecule has 0 bridgehead atoms. The van der Waals surface area contributed by atoms with Gasteiger partial charge in [-0.2, -0.15) is 0 Å². The first kappa shape index (κ1) is 15.5. The number of nitrogens with one attached hydrogen (secondary N) is 1. The molecule has 0 heterocycles. The smallest absolute Gasteiger partial charge is 0.250 e. The zero-order valence-electron chi connectivity index (χ0n) is 9.99. The van der Waals surface area contributed by atoms with Crippen molar-refractivity contribution in [1.29, 1.82) is 0 Å². The van der Waals surface area contributed by atoms with Crippen LogP contribution >= 0.6 is 51.1 Å². The van der Waals surface area contributed by atoms with Gasteiger partial charge in [0.1, 0.15) is 0 Å². The van der Waals surface area contributed by atoms with E-state index >= 15 is 0 Å². The van der Waals surface area contributed by atoms with Gasteiger partial charge in [0.25, 0.3) is 5.91 Å². The number of hydrogen-bond donors (Lipinski definition) is 2. The fraction of sp³-hybridized carbons (Fsp3) is 0. The molecule has 0 spiro atoms. The van der Waals surface area contributed by atoms with E-state index in [1.807, 2.05) is 6.07 Å². The first-order chi connectivity index (χ1) is 9.47. The van der Waals surface area contributed by atoms with Crippen molar-refractivity contribution in [2.24, 2.45) is 5.73 Å². The summed E-state index contributed by atoms with van der Waals surface area (Å²) in [4.78, 5) is 12.2. The first-order valence-corrected chi connectivity index (χ1v) is 7.81. The average Bonchev–Trinajstić information content (AvgIpc) is 2.40. The monoisotopic (exact) mass is 390 g/mol. The number of carbonyl (C=O) groups excluding carboxylic acids is 1. The van der Waals surface area contributed by atoms with Gasteiger partial charge < -0.3 is 10.5 Å². The SMILES string of the molecule is NC(=O)c1cc(Br)ccc1NSc1cc(Cl)ccc1Cl. The maximum absolute atomic E-state index is 11.4. The lowest BCUT2D eigenvalue weighted by atomic mass is 10.2. The molecule has 104 valence electrons. The van der Waals surface area contributed by atoms with Crippen molar-refractivity contribution in [3.05, 3.63) is 56.5 Å². The van der Waals surface area contributed by atoms with Crippen LogP contribution in [0.5, 0.6) is 0 Å². The Balaban J connectivity index is 2.23. The van der Waals surface area contributed by atoms with E-state index in [2.05, 4.69) is 20.7 Å². The highest BCUT2D eigenvalue weighted by Crippen LogP contribution is 2.32. The highest BCUT2D eigenvalue weighted by atomic mass is 79.9. The third-order valence-corrected chi connectivity index (χ3v) is 4.46. The number of anilines is 1. The molecule has 2 aromatic carbocycles. The summed E-state index contributed by atoms with van der Waals surface area (Å²) in [6.07, 6.45) is 0. The Bertz CT molecular complexity index is 667. The third-order valence-electron chi connectivity index (χ3n) is 2.41. The lowest BCUT2D eigenvalue weighted by Crippen LogP contribution is -2.12. The molecule has 20 heavy (non-hydrogen) atoms. The van der Waals surface area contributed by atoms with Gasteiger partial charge in [-0.15, -0.1) is 0 Å². The molecule has 0 fully saturated rings. The van der Waals surface area contributed by atoms with Crippen LogP contribution in [0.15, 0.2) is 45.8 Å². The molecule has 3 N–H and O–H groups in total. The summed E-state index contributed by atoms with van der Waals surface area (Å²) in [5.41, 5.74) is 6.36. The first-order valence-electron chi connectivity index (χ1n) is 5.44. The molecule has 2 rings (SSSR count). The highest BCUT2D eigenvalue weighted by molar-refractivity contribution is 9.10. The third kappa shape index (κ3) is 3.82. The van der Waals surface area contributed by atoms with Gasteiger partial charge in [0.2, 0.25) is 0 Å². The van der Waals surface area contributed by atoms with Gasteiger partial charge in [-0.3, -0.25) is 4.79 Å². The van der Waals surface area contributed by atoms with Crippen LogP contribution in [-0.4, -0.2) is 5.91 Å². The average molecular weight is 392 g/mol. The minimum atomic E-state index is -0.508. The second-order valence-corrected chi connectivity index (χ2v) is 6.44. The molecule has 0 atom stereocenters. The summed E-state index contributed by atoms with van der Waals surface area (Å²) in [6, 6.07) is 10.4. The van der Waals surface area contributed by atoms with E-state index in [4.69, 9.17) is 28.9 Å². The van der Waals surface area contributed by atoms with Crippen LogP contribution < -0.4 is 10.5 Å². The zero-order valence-corrected chi connectivity index (χ0v) is 13.9. The van der Waals surface area contributed by atoms with Gasteiger partial charge in [-0.25, -0.2) is 0 Å². The molecule has 0 unspecified atom stereocenters. The van der Waals surface area contributed by atoms with Crippen LogP contribution in [0.4, 0.5) is 5.69 Å². The Morgan fingerprint density at radius 3 is 2.65 bits per heavy atom. The topological polar surface area (TPSA) is 55.1 Å². The van der Waals surface area contributed by atoms with Crippen molar-refractivity contribution >= 4 is 62.7 Å². The number of rotatable bonds is 4. The number of halogens is 3. The van der Waals surface area contributed by atoms with Crippen molar-refractivity contribution in [1.82, 2.24) is 0 Å². The van der Waals surface area contributed by atoms with Crippen molar-refractivity contribution in [2.75, 3.05) is 4.72 Å².